The Morgan fingerprint density at radius 3 is 2.72 bits per heavy atom. The van der Waals surface area contributed by atoms with Crippen molar-refractivity contribution < 1.29 is 9.72 Å². The second-order valence-electron chi connectivity index (χ2n) is 6.78. The van der Waals surface area contributed by atoms with Crippen LogP contribution in [0.25, 0.3) is 10.9 Å². The summed E-state index contributed by atoms with van der Waals surface area (Å²) in [6.45, 7) is 0.0934. The van der Waals surface area contributed by atoms with E-state index in [9.17, 15) is 14.9 Å². The van der Waals surface area contributed by atoms with Crippen molar-refractivity contribution in [3.8, 4) is 0 Å². The third kappa shape index (κ3) is 4.73. The summed E-state index contributed by atoms with van der Waals surface area (Å²) in [5.74, 6) is -0.154. The topological polar surface area (TPSA) is 114 Å². The van der Waals surface area contributed by atoms with Gasteiger partial charge < -0.3 is 9.88 Å². The summed E-state index contributed by atoms with van der Waals surface area (Å²) in [6.07, 6.45) is 4.77. The zero-order valence-electron chi connectivity index (χ0n) is 16.6. The summed E-state index contributed by atoms with van der Waals surface area (Å²) in [7, 11) is 0. The lowest BCUT2D eigenvalue weighted by Crippen LogP contribution is -2.18. The predicted molar refractivity (Wildman–Crippen MR) is 124 cm³/mol. The van der Waals surface area contributed by atoms with Gasteiger partial charge in [0.2, 0.25) is 11.7 Å². The van der Waals surface area contributed by atoms with Gasteiger partial charge in [0.05, 0.1) is 11.1 Å². The van der Waals surface area contributed by atoms with E-state index in [0.717, 1.165) is 16.5 Å². The van der Waals surface area contributed by atoms with Crippen LogP contribution in [0.15, 0.2) is 78.2 Å². The maximum atomic E-state index is 12.5. The molecule has 0 fully saturated rings. The van der Waals surface area contributed by atoms with Crippen LogP contribution >= 0.6 is 11.6 Å². The minimum atomic E-state index is -0.532. The number of para-hydroxylation sites is 1. The lowest BCUT2D eigenvalue weighted by Gasteiger charge is -2.07. The van der Waals surface area contributed by atoms with Gasteiger partial charge in [0, 0.05) is 45.6 Å². The van der Waals surface area contributed by atoms with Gasteiger partial charge in [0.25, 0.3) is 0 Å². The Balaban J connectivity index is 1.54. The Hall–Kier alpha value is -4.24. The molecular weight excluding hydrogens is 432 g/mol. The first kappa shape index (κ1) is 21.0. The Kier molecular flexibility index (Phi) is 6.09. The number of anilines is 2. The van der Waals surface area contributed by atoms with Crippen molar-refractivity contribution in [2.45, 2.75) is 6.54 Å². The predicted octanol–water partition coefficient (Wildman–Crippen LogP) is 4.68. The van der Waals surface area contributed by atoms with E-state index in [2.05, 4.69) is 20.8 Å². The van der Waals surface area contributed by atoms with Crippen LogP contribution in [0.1, 0.15) is 5.56 Å². The molecule has 4 rings (SSSR count). The summed E-state index contributed by atoms with van der Waals surface area (Å²) in [5.41, 5.74) is 4.68. The van der Waals surface area contributed by atoms with E-state index in [-0.39, 0.29) is 24.0 Å². The molecule has 0 spiro atoms. The Labute approximate surface area is 187 Å². The number of aromatic nitrogens is 2. The van der Waals surface area contributed by atoms with Gasteiger partial charge in [0.1, 0.15) is 6.54 Å². The second kappa shape index (κ2) is 9.27. The second-order valence-corrected chi connectivity index (χ2v) is 7.22. The molecule has 2 heterocycles. The van der Waals surface area contributed by atoms with E-state index in [1.165, 1.54) is 24.5 Å². The van der Waals surface area contributed by atoms with E-state index in [1.807, 2.05) is 28.8 Å². The summed E-state index contributed by atoms with van der Waals surface area (Å²) < 4.78 is 1.81. The minimum absolute atomic E-state index is 0.0415. The number of hydrazone groups is 1. The fourth-order valence-electron chi connectivity index (χ4n) is 3.19. The zero-order valence-corrected chi connectivity index (χ0v) is 17.4. The van der Waals surface area contributed by atoms with Crippen molar-refractivity contribution in [2.24, 2.45) is 5.10 Å². The monoisotopic (exact) mass is 448 g/mol. The van der Waals surface area contributed by atoms with E-state index in [0.29, 0.717) is 10.7 Å². The van der Waals surface area contributed by atoms with Crippen molar-refractivity contribution in [1.82, 2.24) is 9.55 Å². The van der Waals surface area contributed by atoms with Crippen molar-refractivity contribution in [3.63, 3.8) is 0 Å². The molecule has 0 bridgehead atoms. The van der Waals surface area contributed by atoms with Gasteiger partial charge in [0.15, 0.2) is 0 Å². The number of hydrogen-bond donors (Lipinski definition) is 2. The molecule has 32 heavy (non-hydrogen) atoms. The van der Waals surface area contributed by atoms with Crippen LogP contribution in [0, 0.1) is 10.1 Å². The van der Waals surface area contributed by atoms with Gasteiger partial charge in [-0.1, -0.05) is 29.8 Å². The number of nitrogens with one attached hydrogen (secondary N) is 2. The smallest absolute Gasteiger partial charge is 0.313 e. The molecule has 0 atom stereocenters. The molecule has 2 N–H and O–H groups in total. The number of nitro groups is 1. The molecule has 0 aliphatic carbocycles. The first-order chi connectivity index (χ1) is 15.5. The summed E-state index contributed by atoms with van der Waals surface area (Å²) in [4.78, 5) is 27.1. The fourth-order valence-corrected chi connectivity index (χ4v) is 3.32. The molecule has 2 aromatic carbocycles. The lowest BCUT2D eigenvalue weighted by atomic mass is 10.2. The van der Waals surface area contributed by atoms with Crippen molar-refractivity contribution >= 4 is 51.8 Å². The number of fused-ring (bicyclic) bond motifs is 1. The molecule has 2 aromatic heterocycles. The number of amides is 1. The number of pyridine rings is 1. The molecule has 0 saturated heterocycles. The van der Waals surface area contributed by atoms with Crippen LogP contribution in [0.3, 0.4) is 0 Å². The molecule has 160 valence electrons. The highest BCUT2D eigenvalue weighted by atomic mass is 35.5. The van der Waals surface area contributed by atoms with Gasteiger partial charge >= 0.3 is 5.69 Å². The Morgan fingerprint density at radius 2 is 1.94 bits per heavy atom. The summed E-state index contributed by atoms with van der Waals surface area (Å²) in [5, 5.41) is 19.5. The van der Waals surface area contributed by atoms with Gasteiger partial charge in [-0.25, -0.2) is 4.98 Å². The molecule has 10 heteroatoms. The molecule has 0 unspecified atom stereocenters. The fraction of sp³-hybridized carbons (Fsp3) is 0.0455. The first-order valence-electron chi connectivity index (χ1n) is 9.53. The molecule has 0 saturated carbocycles. The van der Waals surface area contributed by atoms with E-state index in [4.69, 9.17) is 11.6 Å². The number of carbonyl (C=O) groups is 1. The van der Waals surface area contributed by atoms with Crippen LogP contribution in [0.2, 0.25) is 5.02 Å². The van der Waals surface area contributed by atoms with Crippen molar-refractivity contribution in [3.05, 3.63) is 93.8 Å². The molecule has 4 aromatic rings. The third-order valence-electron chi connectivity index (χ3n) is 4.62. The van der Waals surface area contributed by atoms with Crippen LogP contribution < -0.4 is 10.7 Å². The maximum Gasteiger partial charge on any atom is 0.313 e. The van der Waals surface area contributed by atoms with Crippen molar-refractivity contribution in [1.29, 1.82) is 0 Å². The number of halogens is 1. The van der Waals surface area contributed by atoms with Gasteiger partial charge in [-0.2, -0.15) is 5.10 Å². The molecule has 9 nitrogen and oxygen atoms in total. The number of hydrogen-bond acceptors (Lipinski definition) is 6. The first-order valence-corrected chi connectivity index (χ1v) is 9.91. The highest BCUT2D eigenvalue weighted by molar-refractivity contribution is 6.30. The lowest BCUT2D eigenvalue weighted by molar-refractivity contribution is -0.384. The normalized spacial score (nSPS) is 11.0. The third-order valence-corrected chi connectivity index (χ3v) is 4.87. The number of carbonyl (C=O) groups excluding carboxylic acids is 1. The van der Waals surface area contributed by atoms with Crippen LogP contribution in [0.4, 0.5) is 17.2 Å². The molecule has 0 aliphatic heterocycles. The highest BCUT2D eigenvalue weighted by Crippen LogP contribution is 2.22. The highest BCUT2D eigenvalue weighted by Gasteiger charge is 2.14. The largest absolute Gasteiger partial charge is 0.337 e. The quantitative estimate of drug-likeness (QED) is 0.242. The average molecular weight is 449 g/mol. The minimum Gasteiger partial charge on any atom is -0.337 e. The van der Waals surface area contributed by atoms with Gasteiger partial charge in [-0.05, 0) is 36.4 Å². The zero-order chi connectivity index (χ0) is 22.5. The number of rotatable bonds is 7. The molecule has 0 radical (unpaired) electrons. The molecule has 0 aliphatic rings. The Morgan fingerprint density at radius 1 is 1.16 bits per heavy atom. The van der Waals surface area contributed by atoms with E-state index in [1.54, 1.807) is 30.5 Å². The van der Waals surface area contributed by atoms with E-state index < -0.39 is 4.92 Å². The summed E-state index contributed by atoms with van der Waals surface area (Å²) >= 11 is 5.88. The Bertz CT molecular complexity index is 1320. The van der Waals surface area contributed by atoms with Gasteiger partial charge in [-0.15, -0.1) is 0 Å². The van der Waals surface area contributed by atoms with Crippen LogP contribution in [-0.2, 0) is 11.3 Å². The van der Waals surface area contributed by atoms with Crippen LogP contribution in [-0.4, -0.2) is 26.6 Å². The summed E-state index contributed by atoms with van der Waals surface area (Å²) in [6, 6.07) is 17.3. The molecule has 1 amide bonds. The van der Waals surface area contributed by atoms with Crippen LogP contribution in [0.5, 0.6) is 0 Å². The number of benzene rings is 2. The average Bonchev–Trinajstić information content (AvgIpc) is 3.13. The van der Waals surface area contributed by atoms with Crippen molar-refractivity contribution in [2.75, 3.05) is 10.7 Å². The molecular formula is C22H17ClN6O3. The van der Waals surface area contributed by atoms with E-state index >= 15 is 0 Å². The van der Waals surface area contributed by atoms with Gasteiger partial charge in [-0.3, -0.25) is 20.3 Å². The standard InChI is InChI=1S/C22H17ClN6O3/c23-16-7-9-17(10-8-16)26-21(30)14-28-13-15(18-4-1-2-5-19(18)28)12-25-27-22-20(29(31)32)6-3-11-24-22/h1-13H,14H2,(H,24,27)(H,26,30)/b25-12-. The number of nitrogens with zero attached hydrogens (tertiary/aromatic N) is 4. The maximum absolute atomic E-state index is 12.5. The SMILES string of the molecule is O=C(Cn1cc(/C=N\Nc2ncccc2[N+](=O)[O-])c2ccccc21)Nc1ccc(Cl)cc1.